The van der Waals surface area contributed by atoms with Crippen LogP contribution in [0.1, 0.15) is 0 Å². The van der Waals surface area contributed by atoms with Crippen molar-refractivity contribution in [3.05, 3.63) is 55.1 Å². The minimum absolute atomic E-state index is 0.131. The van der Waals surface area contributed by atoms with Gasteiger partial charge >= 0.3 is 5.69 Å². The van der Waals surface area contributed by atoms with Gasteiger partial charge in [0, 0.05) is 22.4 Å². The summed E-state index contributed by atoms with van der Waals surface area (Å²) in [6.45, 7) is 0. The van der Waals surface area contributed by atoms with Crippen molar-refractivity contribution in [1.82, 2.24) is 4.98 Å². The normalized spacial score (nSPS) is 10.3. The van der Waals surface area contributed by atoms with Crippen molar-refractivity contribution in [1.29, 1.82) is 0 Å². The summed E-state index contributed by atoms with van der Waals surface area (Å²) in [5.41, 5.74) is 0.424. The second kappa shape index (κ2) is 5.73. The van der Waals surface area contributed by atoms with E-state index in [1.807, 2.05) is 0 Å². The zero-order valence-corrected chi connectivity index (χ0v) is 12.3. The number of nitrogens with zero attached hydrogens (tertiary/aromatic N) is 2. The lowest BCUT2D eigenvalue weighted by atomic mass is 10.3. The first-order chi connectivity index (χ1) is 8.97. The average Bonchev–Trinajstić information content (AvgIpc) is 2.36. The maximum atomic E-state index is 10.9. The molecule has 1 aromatic carbocycles. The fourth-order valence-corrected chi connectivity index (χ4v) is 1.99. The Hall–Kier alpha value is -1.37. The molecule has 1 N–H and O–H groups in total. The predicted molar refractivity (Wildman–Crippen MR) is 78.3 cm³/mol. The Morgan fingerprint density at radius 2 is 2.00 bits per heavy atom. The molecule has 8 heteroatoms. The molecule has 5 nitrogen and oxygen atoms in total. The van der Waals surface area contributed by atoms with Crippen molar-refractivity contribution in [2.24, 2.45) is 0 Å². The van der Waals surface area contributed by atoms with Crippen LogP contribution < -0.4 is 5.32 Å². The zero-order valence-electron chi connectivity index (χ0n) is 9.23. The Balaban J connectivity index is 2.37. The lowest BCUT2D eigenvalue weighted by molar-refractivity contribution is -0.384. The second-order valence-corrected chi connectivity index (χ2v) is 5.26. The van der Waals surface area contributed by atoms with E-state index in [0.717, 1.165) is 0 Å². The van der Waals surface area contributed by atoms with Gasteiger partial charge in [-0.1, -0.05) is 23.2 Å². The molecule has 98 valence electrons. The van der Waals surface area contributed by atoms with E-state index in [9.17, 15) is 10.1 Å². The van der Waals surface area contributed by atoms with Crippen molar-refractivity contribution in [3.8, 4) is 0 Å². The number of nitrogens with one attached hydrogen (secondary N) is 1. The average molecular weight is 363 g/mol. The van der Waals surface area contributed by atoms with E-state index in [4.69, 9.17) is 23.2 Å². The molecule has 2 rings (SSSR count). The number of rotatable bonds is 3. The number of halogens is 3. The van der Waals surface area contributed by atoms with E-state index in [0.29, 0.717) is 20.2 Å². The monoisotopic (exact) mass is 361 g/mol. The number of nitro groups is 1. The third-order valence-electron chi connectivity index (χ3n) is 2.21. The molecular formula is C11H6BrCl2N3O2. The molecule has 1 aromatic heterocycles. The van der Waals surface area contributed by atoms with Crippen LogP contribution in [0.5, 0.6) is 0 Å². The third kappa shape index (κ3) is 3.34. The molecule has 0 amide bonds. The van der Waals surface area contributed by atoms with Gasteiger partial charge in [-0.05, 0) is 34.1 Å². The zero-order chi connectivity index (χ0) is 14.0. The van der Waals surface area contributed by atoms with Crippen molar-refractivity contribution >= 4 is 56.3 Å². The van der Waals surface area contributed by atoms with Crippen LogP contribution in [-0.4, -0.2) is 9.91 Å². The standard InChI is InChI=1S/C11H6BrCl2N3O2/c12-6-3-10(17(18)19)11(15-5-6)16-7-1-2-8(13)9(14)4-7/h1-5H,(H,15,16). The van der Waals surface area contributed by atoms with Crippen LogP contribution in [0.15, 0.2) is 34.9 Å². The fraction of sp³-hybridized carbons (Fsp3) is 0. The van der Waals surface area contributed by atoms with Crippen LogP contribution >= 0.6 is 39.1 Å². The Morgan fingerprint density at radius 3 is 2.63 bits per heavy atom. The van der Waals surface area contributed by atoms with Gasteiger partial charge in [-0.3, -0.25) is 10.1 Å². The summed E-state index contributed by atoms with van der Waals surface area (Å²) in [5, 5.41) is 14.5. The quantitative estimate of drug-likeness (QED) is 0.628. The van der Waals surface area contributed by atoms with Crippen LogP contribution in [0.2, 0.25) is 10.0 Å². The summed E-state index contributed by atoms with van der Waals surface area (Å²) in [6, 6.07) is 6.18. The van der Waals surface area contributed by atoms with Crippen LogP contribution in [-0.2, 0) is 0 Å². The highest BCUT2D eigenvalue weighted by Gasteiger charge is 2.16. The van der Waals surface area contributed by atoms with E-state index < -0.39 is 4.92 Å². The molecule has 0 unspecified atom stereocenters. The van der Waals surface area contributed by atoms with E-state index in [1.54, 1.807) is 18.2 Å². The summed E-state index contributed by atoms with van der Waals surface area (Å²) in [6.07, 6.45) is 1.47. The van der Waals surface area contributed by atoms with E-state index in [2.05, 4.69) is 26.2 Å². The summed E-state index contributed by atoms with van der Waals surface area (Å²) in [5.74, 6) is 0.131. The first-order valence-electron chi connectivity index (χ1n) is 4.99. The third-order valence-corrected chi connectivity index (χ3v) is 3.39. The lowest BCUT2D eigenvalue weighted by Gasteiger charge is -2.07. The molecule has 0 atom stereocenters. The molecule has 2 aromatic rings. The molecule has 0 radical (unpaired) electrons. The Kier molecular flexibility index (Phi) is 4.24. The van der Waals surface area contributed by atoms with Crippen molar-refractivity contribution < 1.29 is 4.92 Å². The Bertz CT molecular complexity index is 652. The number of pyridine rings is 1. The molecule has 0 saturated carbocycles. The molecule has 0 spiro atoms. The summed E-state index contributed by atoms with van der Waals surface area (Å²) >= 11 is 14.8. The van der Waals surface area contributed by atoms with Gasteiger partial charge in [0.2, 0.25) is 5.82 Å². The minimum atomic E-state index is -0.516. The van der Waals surface area contributed by atoms with Crippen molar-refractivity contribution in [3.63, 3.8) is 0 Å². The van der Waals surface area contributed by atoms with Crippen LogP contribution in [0, 0.1) is 10.1 Å². The first-order valence-corrected chi connectivity index (χ1v) is 6.54. The summed E-state index contributed by atoms with van der Waals surface area (Å²) in [7, 11) is 0. The van der Waals surface area contributed by atoms with Gasteiger partial charge < -0.3 is 5.32 Å². The van der Waals surface area contributed by atoms with E-state index in [-0.39, 0.29) is 11.5 Å². The maximum Gasteiger partial charge on any atom is 0.312 e. The van der Waals surface area contributed by atoms with Crippen LogP contribution in [0.4, 0.5) is 17.2 Å². The molecule has 0 saturated heterocycles. The van der Waals surface area contributed by atoms with Crippen molar-refractivity contribution in [2.75, 3.05) is 5.32 Å². The van der Waals surface area contributed by atoms with Gasteiger partial charge in [-0.2, -0.15) is 0 Å². The highest BCUT2D eigenvalue weighted by molar-refractivity contribution is 9.10. The number of hydrogen-bond acceptors (Lipinski definition) is 4. The molecule has 0 aliphatic heterocycles. The number of hydrogen-bond donors (Lipinski definition) is 1. The second-order valence-electron chi connectivity index (χ2n) is 3.53. The van der Waals surface area contributed by atoms with Gasteiger partial charge in [0.25, 0.3) is 0 Å². The smallest absolute Gasteiger partial charge is 0.312 e. The first kappa shape index (κ1) is 14.0. The van der Waals surface area contributed by atoms with Gasteiger partial charge in [-0.15, -0.1) is 0 Å². The molecule has 0 bridgehead atoms. The SMILES string of the molecule is O=[N+]([O-])c1cc(Br)cnc1Nc1ccc(Cl)c(Cl)c1. The number of aromatic nitrogens is 1. The van der Waals surface area contributed by atoms with Crippen molar-refractivity contribution in [2.45, 2.75) is 0 Å². The minimum Gasteiger partial charge on any atom is -0.334 e. The predicted octanol–water partition coefficient (Wildman–Crippen LogP) is 4.80. The topological polar surface area (TPSA) is 68.1 Å². The molecule has 19 heavy (non-hydrogen) atoms. The largest absolute Gasteiger partial charge is 0.334 e. The lowest BCUT2D eigenvalue weighted by Crippen LogP contribution is -1.99. The van der Waals surface area contributed by atoms with Gasteiger partial charge in [0.1, 0.15) is 0 Å². The highest BCUT2D eigenvalue weighted by atomic mass is 79.9. The molecule has 0 fully saturated rings. The number of anilines is 2. The highest BCUT2D eigenvalue weighted by Crippen LogP contribution is 2.30. The van der Waals surface area contributed by atoms with Crippen LogP contribution in [0.3, 0.4) is 0 Å². The number of benzene rings is 1. The van der Waals surface area contributed by atoms with E-state index in [1.165, 1.54) is 12.3 Å². The van der Waals surface area contributed by atoms with Crippen LogP contribution in [0.25, 0.3) is 0 Å². The molecule has 0 aliphatic rings. The molecular weight excluding hydrogens is 357 g/mol. The summed E-state index contributed by atoms with van der Waals surface area (Å²) in [4.78, 5) is 14.4. The van der Waals surface area contributed by atoms with Gasteiger partial charge in [-0.25, -0.2) is 4.98 Å². The van der Waals surface area contributed by atoms with Gasteiger partial charge in [0.05, 0.1) is 15.0 Å². The Labute approximate surface area is 126 Å². The maximum absolute atomic E-state index is 10.9. The van der Waals surface area contributed by atoms with E-state index >= 15 is 0 Å². The Morgan fingerprint density at radius 1 is 1.26 bits per heavy atom. The molecule has 0 aliphatic carbocycles. The summed E-state index contributed by atoms with van der Waals surface area (Å²) < 4.78 is 0.527. The molecule has 1 heterocycles. The van der Waals surface area contributed by atoms with Gasteiger partial charge in [0.15, 0.2) is 0 Å². The fourth-order valence-electron chi connectivity index (χ4n) is 1.37.